The molecule has 1 heterocycles. The van der Waals surface area contributed by atoms with Gasteiger partial charge < -0.3 is 10.1 Å². The van der Waals surface area contributed by atoms with E-state index in [9.17, 15) is 13.2 Å². The summed E-state index contributed by atoms with van der Waals surface area (Å²) in [6.07, 6.45) is 2.46. The molecule has 7 heteroatoms. The predicted octanol–water partition coefficient (Wildman–Crippen LogP) is 2.19. The summed E-state index contributed by atoms with van der Waals surface area (Å²) in [7, 11) is -3.63. The topological polar surface area (TPSA) is 75.7 Å². The molecule has 1 amide bonds. The van der Waals surface area contributed by atoms with E-state index in [1.54, 1.807) is 12.1 Å². The molecular weight excluding hydrogens is 340 g/mol. The van der Waals surface area contributed by atoms with Crippen molar-refractivity contribution in [2.24, 2.45) is 0 Å². The van der Waals surface area contributed by atoms with Crippen molar-refractivity contribution in [1.29, 1.82) is 0 Å². The highest BCUT2D eigenvalue weighted by Crippen LogP contribution is 2.23. The summed E-state index contributed by atoms with van der Waals surface area (Å²) < 4.78 is 32.7. The summed E-state index contributed by atoms with van der Waals surface area (Å²) >= 11 is 0. The lowest BCUT2D eigenvalue weighted by atomic mass is 10.1. The molecule has 0 saturated carbocycles. The van der Waals surface area contributed by atoms with Gasteiger partial charge in [-0.15, -0.1) is 0 Å². The minimum Gasteiger partial charge on any atom is -0.379 e. The number of aryl methyl sites for hydroxylation is 1. The first kappa shape index (κ1) is 19.9. The first-order valence-electron chi connectivity index (χ1n) is 8.91. The van der Waals surface area contributed by atoms with Crippen molar-refractivity contribution in [2.75, 3.05) is 26.3 Å². The van der Waals surface area contributed by atoms with Crippen molar-refractivity contribution in [3.8, 4) is 0 Å². The van der Waals surface area contributed by atoms with Crippen LogP contribution in [-0.4, -0.2) is 51.0 Å². The Morgan fingerprint density at radius 3 is 2.56 bits per heavy atom. The number of amides is 1. The third-order valence-corrected chi connectivity index (χ3v) is 6.38. The van der Waals surface area contributed by atoms with Gasteiger partial charge in [-0.25, -0.2) is 8.42 Å². The van der Waals surface area contributed by atoms with Crippen molar-refractivity contribution >= 4 is 15.9 Å². The minimum absolute atomic E-state index is 0.0580. The van der Waals surface area contributed by atoms with Gasteiger partial charge in [0.25, 0.3) is 5.91 Å². The van der Waals surface area contributed by atoms with E-state index < -0.39 is 10.0 Å². The quantitative estimate of drug-likeness (QED) is 0.800. The van der Waals surface area contributed by atoms with Crippen LogP contribution in [0.2, 0.25) is 0 Å². The van der Waals surface area contributed by atoms with Gasteiger partial charge in [-0.2, -0.15) is 4.31 Å². The van der Waals surface area contributed by atoms with E-state index in [-0.39, 0.29) is 16.8 Å². The summed E-state index contributed by atoms with van der Waals surface area (Å²) in [6, 6.07) is 5.01. The Hall–Kier alpha value is -1.44. The maximum Gasteiger partial charge on any atom is 0.251 e. The number of ether oxygens (including phenoxy) is 1. The first-order valence-corrected chi connectivity index (χ1v) is 10.4. The number of carbonyl (C=O) groups excluding carboxylic acids is 1. The van der Waals surface area contributed by atoms with Gasteiger partial charge in [0.15, 0.2) is 0 Å². The number of hydrogen-bond donors (Lipinski definition) is 1. The second-order valence-corrected chi connectivity index (χ2v) is 8.26. The molecule has 140 valence electrons. The first-order chi connectivity index (χ1) is 11.9. The molecule has 0 aliphatic carbocycles. The maximum atomic E-state index is 13.0. The Morgan fingerprint density at radius 1 is 1.28 bits per heavy atom. The zero-order valence-electron chi connectivity index (χ0n) is 15.2. The number of benzene rings is 1. The smallest absolute Gasteiger partial charge is 0.251 e. The lowest BCUT2D eigenvalue weighted by Crippen LogP contribution is -2.41. The molecule has 25 heavy (non-hydrogen) atoms. The minimum atomic E-state index is -3.63. The molecule has 1 aliphatic heterocycles. The van der Waals surface area contributed by atoms with Crippen molar-refractivity contribution in [3.05, 3.63) is 29.3 Å². The predicted molar refractivity (Wildman–Crippen MR) is 97.2 cm³/mol. The Morgan fingerprint density at radius 2 is 1.96 bits per heavy atom. The third-order valence-electron chi connectivity index (χ3n) is 4.40. The molecular formula is C18H28N2O4S. The Balaban J connectivity index is 2.32. The Kier molecular flexibility index (Phi) is 6.98. The van der Waals surface area contributed by atoms with E-state index in [2.05, 4.69) is 12.2 Å². The van der Waals surface area contributed by atoms with Gasteiger partial charge >= 0.3 is 0 Å². The van der Waals surface area contributed by atoms with Gasteiger partial charge in [-0.05, 0) is 37.5 Å². The third kappa shape index (κ3) is 4.80. The highest BCUT2D eigenvalue weighted by molar-refractivity contribution is 7.89. The van der Waals surface area contributed by atoms with Crippen LogP contribution < -0.4 is 5.32 Å². The highest BCUT2D eigenvalue weighted by Gasteiger charge is 2.29. The van der Waals surface area contributed by atoms with Crippen molar-refractivity contribution < 1.29 is 17.9 Å². The van der Waals surface area contributed by atoms with E-state index in [4.69, 9.17) is 4.74 Å². The van der Waals surface area contributed by atoms with Gasteiger partial charge in [0.1, 0.15) is 0 Å². The summed E-state index contributed by atoms with van der Waals surface area (Å²) in [5, 5.41) is 2.93. The fourth-order valence-electron chi connectivity index (χ4n) is 2.97. The molecule has 1 aliphatic rings. The SMILES string of the molecule is CCCC(C)NC(=O)c1ccc(CC)c(S(=O)(=O)N2CCOCC2)c1. The Bertz CT molecular complexity index is 697. The molecule has 0 bridgehead atoms. The second kappa shape index (κ2) is 8.78. The standard InChI is InChI=1S/C18H28N2O4S/c1-4-6-14(3)19-18(21)16-8-7-15(5-2)17(13-16)25(22,23)20-9-11-24-12-10-20/h7-8,13-14H,4-6,9-12H2,1-3H3,(H,19,21). The van der Waals surface area contributed by atoms with Crippen LogP contribution in [-0.2, 0) is 21.2 Å². The second-order valence-electron chi connectivity index (χ2n) is 6.36. The number of carbonyl (C=O) groups is 1. The number of nitrogens with one attached hydrogen (secondary N) is 1. The van der Waals surface area contributed by atoms with Crippen molar-refractivity contribution in [2.45, 2.75) is 51.0 Å². The lowest BCUT2D eigenvalue weighted by molar-refractivity contribution is 0.0730. The summed E-state index contributed by atoms with van der Waals surface area (Å²) in [6.45, 7) is 7.41. The van der Waals surface area contributed by atoms with Gasteiger partial charge in [-0.3, -0.25) is 4.79 Å². The number of nitrogens with zero attached hydrogens (tertiary/aromatic N) is 1. The monoisotopic (exact) mass is 368 g/mol. The number of morpholine rings is 1. The van der Waals surface area contributed by atoms with Crippen LogP contribution in [0.15, 0.2) is 23.1 Å². The normalized spacial score (nSPS) is 17.2. The Labute approximate surface area is 150 Å². The van der Waals surface area contributed by atoms with Crippen LogP contribution in [0.4, 0.5) is 0 Å². The average Bonchev–Trinajstić information content (AvgIpc) is 2.62. The van der Waals surface area contributed by atoms with Crippen LogP contribution in [0.1, 0.15) is 49.5 Å². The lowest BCUT2D eigenvalue weighted by Gasteiger charge is -2.27. The van der Waals surface area contributed by atoms with Crippen molar-refractivity contribution in [3.63, 3.8) is 0 Å². The molecule has 6 nitrogen and oxygen atoms in total. The van der Waals surface area contributed by atoms with E-state index >= 15 is 0 Å². The van der Waals surface area contributed by atoms with Crippen LogP contribution in [0.3, 0.4) is 0 Å². The van der Waals surface area contributed by atoms with Gasteiger partial charge in [0, 0.05) is 24.7 Å². The van der Waals surface area contributed by atoms with E-state index in [0.29, 0.717) is 38.3 Å². The molecule has 1 saturated heterocycles. The average molecular weight is 368 g/mol. The summed E-state index contributed by atoms with van der Waals surface area (Å²) in [4.78, 5) is 12.7. The van der Waals surface area contributed by atoms with E-state index in [1.807, 2.05) is 13.8 Å². The fourth-order valence-corrected chi connectivity index (χ4v) is 4.69. The number of rotatable bonds is 7. The van der Waals surface area contributed by atoms with Crippen LogP contribution in [0.5, 0.6) is 0 Å². The molecule has 1 aromatic carbocycles. The van der Waals surface area contributed by atoms with Gasteiger partial charge in [-0.1, -0.05) is 26.3 Å². The number of hydrogen-bond acceptors (Lipinski definition) is 4. The fraction of sp³-hybridized carbons (Fsp3) is 0.611. The summed E-state index contributed by atoms with van der Waals surface area (Å²) in [5.74, 6) is -0.234. The zero-order valence-corrected chi connectivity index (χ0v) is 16.1. The van der Waals surface area contributed by atoms with Gasteiger partial charge in [0.2, 0.25) is 10.0 Å². The maximum absolute atomic E-state index is 13.0. The molecule has 1 N–H and O–H groups in total. The highest BCUT2D eigenvalue weighted by atomic mass is 32.2. The van der Waals surface area contributed by atoms with E-state index in [0.717, 1.165) is 18.4 Å². The summed E-state index contributed by atoms with van der Waals surface area (Å²) in [5.41, 5.74) is 1.11. The molecule has 2 rings (SSSR count). The molecule has 1 atom stereocenters. The van der Waals surface area contributed by atoms with Crippen molar-refractivity contribution in [1.82, 2.24) is 9.62 Å². The van der Waals surface area contributed by atoms with Crippen LogP contribution in [0, 0.1) is 0 Å². The molecule has 0 spiro atoms. The zero-order chi connectivity index (χ0) is 18.4. The molecule has 0 aromatic heterocycles. The van der Waals surface area contributed by atoms with Crippen LogP contribution >= 0.6 is 0 Å². The largest absolute Gasteiger partial charge is 0.379 e. The molecule has 1 unspecified atom stereocenters. The van der Waals surface area contributed by atoms with Gasteiger partial charge in [0.05, 0.1) is 18.1 Å². The molecule has 1 aromatic rings. The number of sulfonamides is 1. The van der Waals surface area contributed by atoms with Crippen LogP contribution in [0.25, 0.3) is 0 Å². The molecule has 0 radical (unpaired) electrons. The van der Waals surface area contributed by atoms with E-state index in [1.165, 1.54) is 10.4 Å². The molecule has 1 fully saturated rings.